The van der Waals surface area contributed by atoms with Crippen LogP contribution in [0.3, 0.4) is 0 Å². The molecule has 2 aromatic rings. The summed E-state index contributed by atoms with van der Waals surface area (Å²) in [7, 11) is 1.68. The Bertz CT molecular complexity index is 611. The van der Waals surface area contributed by atoms with Gasteiger partial charge >= 0.3 is 0 Å². The van der Waals surface area contributed by atoms with Gasteiger partial charge < -0.3 is 11.1 Å². The summed E-state index contributed by atoms with van der Waals surface area (Å²) in [4.78, 5) is 12.0. The molecule has 0 aliphatic carbocycles. The van der Waals surface area contributed by atoms with Gasteiger partial charge in [-0.15, -0.1) is 0 Å². The Labute approximate surface area is 122 Å². The van der Waals surface area contributed by atoms with E-state index in [-0.39, 0.29) is 5.91 Å². The van der Waals surface area contributed by atoms with Crippen LogP contribution in [0.4, 0.5) is 11.5 Å². The average Bonchev–Trinajstić information content (AvgIpc) is 2.64. The Morgan fingerprint density at radius 2 is 2.28 bits per heavy atom. The number of hydrogen-bond donors (Lipinski definition) is 2. The molecule has 0 unspecified atom stereocenters. The standard InChI is InChI=1S/C11H10ClIN4O/c1-17-10(14)7(5-15-17)11(18)16-9-3-2-6(12)4-8(9)13/h2-5H,14H2,1H3,(H,16,18). The molecule has 0 saturated carbocycles. The lowest BCUT2D eigenvalue weighted by molar-refractivity contribution is 0.102. The summed E-state index contributed by atoms with van der Waals surface area (Å²) in [5, 5.41) is 7.32. The zero-order valence-electron chi connectivity index (χ0n) is 9.45. The van der Waals surface area contributed by atoms with Crippen LogP contribution in [0.2, 0.25) is 5.02 Å². The molecule has 1 heterocycles. The number of nitrogens with two attached hydrogens (primary N) is 1. The van der Waals surface area contributed by atoms with Gasteiger partial charge in [0.1, 0.15) is 11.4 Å². The molecule has 18 heavy (non-hydrogen) atoms. The van der Waals surface area contributed by atoms with E-state index < -0.39 is 0 Å². The molecule has 0 radical (unpaired) electrons. The molecule has 0 atom stereocenters. The number of benzene rings is 1. The summed E-state index contributed by atoms with van der Waals surface area (Å²) in [6.45, 7) is 0. The number of nitrogens with one attached hydrogen (secondary N) is 1. The van der Waals surface area contributed by atoms with E-state index in [2.05, 4.69) is 33.0 Å². The molecule has 0 saturated heterocycles. The summed E-state index contributed by atoms with van der Waals surface area (Å²) in [5.41, 5.74) is 6.77. The molecule has 2 rings (SSSR count). The van der Waals surface area contributed by atoms with E-state index in [1.165, 1.54) is 10.9 Å². The average molecular weight is 377 g/mol. The lowest BCUT2D eigenvalue weighted by Crippen LogP contribution is -2.14. The van der Waals surface area contributed by atoms with Gasteiger partial charge in [-0.2, -0.15) is 5.10 Å². The molecule has 1 aromatic carbocycles. The maximum atomic E-state index is 12.0. The second kappa shape index (κ2) is 5.15. The van der Waals surface area contributed by atoms with Crippen molar-refractivity contribution in [1.29, 1.82) is 0 Å². The Balaban J connectivity index is 2.24. The van der Waals surface area contributed by atoms with Crippen molar-refractivity contribution < 1.29 is 4.79 Å². The first-order valence-corrected chi connectivity index (χ1v) is 6.48. The van der Waals surface area contributed by atoms with Crippen molar-refractivity contribution in [2.24, 2.45) is 7.05 Å². The number of hydrogen-bond acceptors (Lipinski definition) is 3. The van der Waals surface area contributed by atoms with Crippen molar-refractivity contribution in [3.8, 4) is 0 Å². The predicted octanol–water partition coefficient (Wildman–Crippen LogP) is 2.51. The maximum Gasteiger partial charge on any atom is 0.261 e. The molecule has 3 N–H and O–H groups in total. The fraction of sp³-hybridized carbons (Fsp3) is 0.0909. The zero-order chi connectivity index (χ0) is 13.3. The highest BCUT2D eigenvalue weighted by Gasteiger charge is 2.14. The first kappa shape index (κ1) is 13.2. The second-order valence-corrected chi connectivity index (χ2v) is 5.24. The first-order valence-electron chi connectivity index (χ1n) is 5.03. The van der Waals surface area contributed by atoms with E-state index in [9.17, 15) is 4.79 Å². The lowest BCUT2D eigenvalue weighted by atomic mass is 10.2. The number of halogens is 2. The van der Waals surface area contributed by atoms with Crippen LogP contribution >= 0.6 is 34.2 Å². The van der Waals surface area contributed by atoms with Crippen LogP contribution in [0.25, 0.3) is 0 Å². The fourth-order valence-electron chi connectivity index (χ4n) is 1.40. The summed E-state index contributed by atoms with van der Waals surface area (Å²) < 4.78 is 2.30. The number of rotatable bonds is 2. The van der Waals surface area contributed by atoms with Crippen molar-refractivity contribution in [3.05, 3.63) is 38.6 Å². The van der Waals surface area contributed by atoms with Gasteiger partial charge in [-0.25, -0.2) is 0 Å². The molecule has 0 aliphatic rings. The number of carbonyl (C=O) groups excluding carboxylic acids is 1. The first-order chi connectivity index (χ1) is 8.49. The van der Waals surface area contributed by atoms with Crippen LogP contribution in [0.15, 0.2) is 24.4 Å². The van der Waals surface area contributed by atoms with Crippen molar-refractivity contribution in [3.63, 3.8) is 0 Å². The van der Waals surface area contributed by atoms with E-state index in [0.29, 0.717) is 22.1 Å². The monoisotopic (exact) mass is 376 g/mol. The van der Waals surface area contributed by atoms with Crippen molar-refractivity contribution >= 4 is 51.6 Å². The van der Waals surface area contributed by atoms with Gasteiger partial charge in [0.05, 0.1) is 11.9 Å². The van der Waals surface area contributed by atoms with Crippen LogP contribution < -0.4 is 11.1 Å². The minimum atomic E-state index is -0.291. The number of amides is 1. The largest absolute Gasteiger partial charge is 0.383 e. The molecule has 7 heteroatoms. The van der Waals surface area contributed by atoms with Gasteiger partial charge in [0.25, 0.3) is 5.91 Å². The van der Waals surface area contributed by atoms with Crippen LogP contribution in [0, 0.1) is 3.57 Å². The van der Waals surface area contributed by atoms with Gasteiger partial charge in [0.2, 0.25) is 0 Å². The summed E-state index contributed by atoms with van der Waals surface area (Å²) in [6.07, 6.45) is 1.44. The fourth-order valence-corrected chi connectivity index (χ4v) is 2.41. The molecule has 0 fully saturated rings. The maximum absolute atomic E-state index is 12.0. The van der Waals surface area contributed by atoms with Crippen LogP contribution in [0.1, 0.15) is 10.4 Å². The van der Waals surface area contributed by atoms with Crippen LogP contribution in [-0.4, -0.2) is 15.7 Å². The Kier molecular flexibility index (Phi) is 3.76. The third-order valence-electron chi connectivity index (χ3n) is 2.41. The number of nitrogen functional groups attached to an aromatic ring is 1. The third-order valence-corrected chi connectivity index (χ3v) is 3.54. The molecule has 5 nitrogen and oxygen atoms in total. The van der Waals surface area contributed by atoms with Gasteiger partial charge in [0, 0.05) is 15.6 Å². The molecule has 1 amide bonds. The second-order valence-electron chi connectivity index (χ2n) is 3.65. The number of anilines is 2. The van der Waals surface area contributed by atoms with E-state index >= 15 is 0 Å². The molecule has 1 aromatic heterocycles. The van der Waals surface area contributed by atoms with Crippen molar-refractivity contribution in [2.45, 2.75) is 0 Å². The zero-order valence-corrected chi connectivity index (χ0v) is 12.4. The lowest BCUT2D eigenvalue weighted by Gasteiger charge is -2.07. The van der Waals surface area contributed by atoms with Crippen LogP contribution in [0.5, 0.6) is 0 Å². The van der Waals surface area contributed by atoms with E-state index in [0.717, 1.165) is 3.57 Å². The highest BCUT2D eigenvalue weighted by atomic mass is 127. The van der Waals surface area contributed by atoms with Gasteiger partial charge in [-0.3, -0.25) is 9.48 Å². The summed E-state index contributed by atoms with van der Waals surface area (Å²) in [6, 6.07) is 5.23. The smallest absolute Gasteiger partial charge is 0.261 e. The molecule has 0 aliphatic heterocycles. The minimum Gasteiger partial charge on any atom is -0.383 e. The summed E-state index contributed by atoms with van der Waals surface area (Å²) >= 11 is 7.95. The van der Waals surface area contributed by atoms with Gasteiger partial charge in [0.15, 0.2) is 0 Å². The van der Waals surface area contributed by atoms with Gasteiger partial charge in [-0.1, -0.05) is 11.6 Å². The summed E-state index contributed by atoms with van der Waals surface area (Å²) in [5.74, 6) is 0.0392. The highest BCUT2D eigenvalue weighted by Crippen LogP contribution is 2.23. The Morgan fingerprint density at radius 1 is 1.56 bits per heavy atom. The highest BCUT2D eigenvalue weighted by molar-refractivity contribution is 14.1. The number of carbonyl (C=O) groups is 1. The molecule has 0 spiro atoms. The minimum absolute atomic E-state index is 0.291. The molecule has 0 bridgehead atoms. The Hall–Kier alpha value is -1.28. The third kappa shape index (κ3) is 2.59. The predicted molar refractivity (Wildman–Crippen MR) is 79.7 cm³/mol. The normalized spacial score (nSPS) is 10.4. The number of aromatic nitrogens is 2. The quantitative estimate of drug-likeness (QED) is 0.791. The van der Waals surface area contributed by atoms with E-state index in [4.69, 9.17) is 17.3 Å². The van der Waals surface area contributed by atoms with E-state index in [1.54, 1.807) is 25.2 Å². The van der Waals surface area contributed by atoms with E-state index in [1.807, 2.05) is 0 Å². The number of aryl methyl sites for hydroxylation is 1. The molecular formula is C11H10ClIN4O. The molecule has 94 valence electrons. The molecular weight excluding hydrogens is 367 g/mol. The Morgan fingerprint density at radius 3 is 2.83 bits per heavy atom. The van der Waals surface area contributed by atoms with Gasteiger partial charge in [-0.05, 0) is 40.8 Å². The van der Waals surface area contributed by atoms with Crippen molar-refractivity contribution in [2.75, 3.05) is 11.1 Å². The van der Waals surface area contributed by atoms with Crippen LogP contribution in [-0.2, 0) is 7.05 Å². The van der Waals surface area contributed by atoms with Crippen molar-refractivity contribution in [1.82, 2.24) is 9.78 Å². The SMILES string of the molecule is Cn1ncc(C(=O)Nc2ccc(Cl)cc2I)c1N. The topological polar surface area (TPSA) is 72.9 Å². The number of nitrogens with zero attached hydrogens (tertiary/aromatic N) is 2.